The Morgan fingerprint density at radius 2 is 2.07 bits per heavy atom. The minimum atomic E-state index is -0.902. The number of likely N-dealkylation sites (N-methyl/N-ethyl adjacent to an activating group) is 1. The second kappa shape index (κ2) is 5.11. The molecule has 2 unspecified atom stereocenters. The number of nitrogen functional groups attached to an aromatic ring is 1. The van der Waals surface area contributed by atoms with E-state index >= 15 is 0 Å². The van der Waals surface area contributed by atoms with Gasteiger partial charge in [-0.2, -0.15) is 0 Å². The van der Waals surface area contributed by atoms with Crippen molar-refractivity contribution >= 4 is 5.69 Å². The van der Waals surface area contributed by atoms with Gasteiger partial charge in [0.1, 0.15) is 6.10 Å². The van der Waals surface area contributed by atoms with Gasteiger partial charge in [-0.15, -0.1) is 0 Å². The van der Waals surface area contributed by atoms with E-state index < -0.39 is 12.2 Å². The molecule has 0 bridgehead atoms. The number of nitrogens with one attached hydrogen (secondary N) is 1. The predicted molar refractivity (Wildman–Crippen MR) is 60.5 cm³/mol. The van der Waals surface area contributed by atoms with Gasteiger partial charge < -0.3 is 21.3 Å². The maximum Gasteiger partial charge on any atom is 0.106 e. The highest BCUT2D eigenvalue weighted by atomic mass is 16.3. The number of aliphatic hydroxyl groups excluding tert-OH is 2. The first-order chi connectivity index (χ1) is 7.07. The van der Waals surface area contributed by atoms with Crippen molar-refractivity contribution in [2.24, 2.45) is 0 Å². The predicted octanol–water partition coefficient (Wildman–Crippen LogP) is 0.191. The van der Waals surface area contributed by atoms with Crippen LogP contribution in [-0.4, -0.2) is 29.9 Å². The second-order valence-corrected chi connectivity index (χ2v) is 3.63. The fourth-order valence-electron chi connectivity index (χ4n) is 1.52. The Kier molecular flexibility index (Phi) is 4.08. The number of benzene rings is 1. The van der Waals surface area contributed by atoms with Crippen LogP contribution >= 0.6 is 0 Å². The van der Waals surface area contributed by atoms with E-state index in [2.05, 4.69) is 5.32 Å². The molecule has 15 heavy (non-hydrogen) atoms. The van der Waals surface area contributed by atoms with E-state index in [0.717, 1.165) is 5.56 Å². The molecule has 0 fully saturated rings. The maximum absolute atomic E-state index is 9.88. The van der Waals surface area contributed by atoms with Crippen LogP contribution < -0.4 is 11.1 Å². The summed E-state index contributed by atoms with van der Waals surface area (Å²) >= 11 is 0. The summed E-state index contributed by atoms with van der Waals surface area (Å²) in [6.45, 7) is 2.18. The number of anilines is 1. The second-order valence-electron chi connectivity index (χ2n) is 3.63. The van der Waals surface area contributed by atoms with Crippen molar-refractivity contribution in [3.63, 3.8) is 0 Å². The van der Waals surface area contributed by atoms with Crippen LogP contribution in [0.3, 0.4) is 0 Å². The first-order valence-corrected chi connectivity index (χ1v) is 4.93. The third-order valence-electron chi connectivity index (χ3n) is 2.51. The van der Waals surface area contributed by atoms with Crippen molar-refractivity contribution in [1.82, 2.24) is 5.32 Å². The standard InChI is InChI=1S/C11H18N2O2/c1-7-8(4-3-5-9(7)12)11(15)10(14)6-13-2/h3-5,10-11,13-15H,6,12H2,1-2H3. The molecule has 0 aliphatic heterocycles. The van der Waals surface area contributed by atoms with Gasteiger partial charge >= 0.3 is 0 Å². The highest BCUT2D eigenvalue weighted by Crippen LogP contribution is 2.24. The lowest BCUT2D eigenvalue weighted by Crippen LogP contribution is -2.30. The third-order valence-corrected chi connectivity index (χ3v) is 2.51. The molecule has 1 rings (SSSR count). The number of hydrogen-bond acceptors (Lipinski definition) is 4. The smallest absolute Gasteiger partial charge is 0.106 e. The molecule has 0 aliphatic rings. The average molecular weight is 210 g/mol. The van der Waals surface area contributed by atoms with Crippen molar-refractivity contribution in [2.45, 2.75) is 19.1 Å². The minimum absolute atomic E-state index is 0.343. The van der Waals surface area contributed by atoms with Gasteiger partial charge in [-0.25, -0.2) is 0 Å². The summed E-state index contributed by atoms with van der Waals surface area (Å²) in [7, 11) is 1.72. The van der Waals surface area contributed by atoms with Crippen LogP contribution in [0.2, 0.25) is 0 Å². The number of nitrogens with two attached hydrogens (primary N) is 1. The van der Waals surface area contributed by atoms with E-state index in [1.165, 1.54) is 0 Å². The van der Waals surface area contributed by atoms with Crippen LogP contribution in [-0.2, 0) is 0 Å². The van der Waals surface area contributed by atoms with E-state index in [4.69, 9.17) is 5.73 Å². The van der Waals surface area contributed by atoms with E-state index in [1.807, 2.05) is 6.92 Å². The SMILES string of the molecule is CNCC(O)C(O)c1cccc(N)c1C. The van der Waals surface area contributed by atoms with Crippen LogP contribution in [0.25, 0.3) is 0 Å². The van der Waals surface area contributed by atoms with Crippen LogP contribution in [0, 0.1) is 6.92 Å². The quantitative estimate of drug-likeness (QED) is 0.535. The van der Waals surface area contributed by atoms with E-state index in [1.54, 1.807) is 25.2 Å². The van der Waals surface area contributed by atoms with Gasteiger partial charge in [-0.05, 0) is 31.2 Å². The van der Waals surface area contributed by atoms with Crippen LogP contribution in [0.1, 0.15) is 17.2 Å². The molecule has 0 saturated carbocycles. The molecule has 0 aliphatic carbocycles. The summed E-state index contributed by atoms with van der Waals surface area (Å²) in [5, 5.41) is 22.3. The maximum atomic E-state index is 9.88. The van der Waals surface area contributed by atoms with Crippen molar-refractivity contribution in [1.29, 1.82) is 0 Å². The molecule has 0 aromatic heterocycles. The summed E-state index contributed by atoms with van der Waals surface area (Å²) in [5.41, 5.74) is 7.85. The molecule has 1 aromatic rings. The van der Waals surface area contributed by atoms with Crippen molar-refractivity contribution in [3.8, 4) is 0 Å². The van der Waals surface area contributed by atoms with Crippen molar-refractivity contribution < 1.29 is 10.2 Å². The van der Waals surface area contributed by atoms with Gasteiger partial charge in [0.15, 0.2) is 0 Å². The lowest BCUT2D eigenvalue weighted by Gasteiger charge is -2.20. The molecule has 2 atom stereocenters. The number of hydrogen-bond donors (Lipinski definition) is 4. The summed E-state index contributed by atoms with van der Waals surface area (Å²) in [4.78, 5) is 0. The molecular weight excluding hydrogens is 192 g/mol. The van der Waals surface area contributed by atoms with E-state index in [-0.39, 0.29) is 0 Å². The highest BCUT2D eigenvalue weighted by molar-refractivity contribution is 5.50. The summed E-state index contributed by atoms with van der Waals surface area (Å²) in [6.07, 6.45) is -1.73. The zero-order chi connectivity index (χ0) is 11.4. The molecule has 0 amide bonds. The summed E-state index contributed by atoms with van der Waals surface area (Å²) in [5.74, 6) is 0. The summed E-state index contributed by atoms with van der Waals surface area (Å²) < 4.78 is 0. The molecule has 4 nitrogen and oxygen atoms in total. The minimum Gasteiger partial charge on any atom is -0.399 e. The van der Waals surface area contributed by atoms with Crippen molar-refractivity contribution in [3.05, 3.63) is 29.3 Å². The van der Waals surface area contributed by atoms with Gasteiger partial charge in [-0.3, -0.25) is 0 Å². The lowest BCUT2D eigenvalue weighted by atomic mass is 9.98. The largest absolute Gasteiger partial charge is 0.399 e. The molecule has 0 heterocycles. The molecule has 0 saturated heterocycles. The fourth-order valence-corrected chi connectivity index (χ4v) is 1.52. The van der Waals surface area contributed by atoms with Crippen LogP contribution in [0.15, 0.2) is 18.2 Å². The normalized spacial score (nSPS) is 14.9. The fraction of sp³-hybridized carbons (Fsp3) is 0.455. The van der Waals surface area contributed by atoms with Gasteiger partial charge in [0.25, 0.3) is 0 Å². The molecule has 1 aromatic carbocycles. The lowest BCUT2D eigenvalue weighted by molar-refractivity contribution is 0.0199. The monoisotopic (exact) mass is 210 g/mol. The third kappa shape index (κ3) is 2.68. The Hall–Kier alpha value is -1.10. The molecule has 5 N–H and O–H groups in total. The average Bonchev–Trinajstić information content (AvgIpc) is 2.21. The first kappa shape index (κ1) is 12.0. The first-order valence-electron chi connectivity index (χ1n) is 4.93. The van der Waals surface area contributed by atoms with Gasteiger partial charge in [-0.1, -0.05) is 12.1 Å². The number of aliphatic hydroxyl groups is 2. The van der Waals surface area contributed by atoms with Gasteiger partial charge in [0.05, 0.1) is 6.10 Å². The number of rotatable bonds is 4. The van der Waals surface area contributed by atoms with Gasteiger partial charge in [0.2, 0.25) is 0 Å². The Labute approximate surface area is 89.7 Å². The molecule has 84 valence electrons. The molecule has 0 spiro atoms. The summed E-state index contributed by atoms with van der Waals surface area (Å²) in [6, 6.07) is 5.32. The molecular formula is C11H18N2O2. The van der Waals surface area contributed by atoms with Gasteiger partial charge in [0, 0.05) is 12.2 Å². The zero-order valence-corrected chi connectivity index (χ0v) is 9.07. The Morgan fingerprint density at radius 3 is 2.67 bits per heavy atom. The van der Waals surface area contributed by atoms with Crippen LogP contribution in [0.4, 0.5) is 5.69 Å². The Bertz CT molecular complexity index is 328. The Morgan fingerprint density at radius 1 is 1.40 bits per heavy atom. The zero-order valence-electron chi connectivity index (χ0n) is 9.07. The van der Waals surface area contributed by atoms with Crippen molar-refractivity contribution in [2.75, 3.05) is 19.3 Å². The molecule has 0 radical (unpaired) electrons. The van der Waals surface area contributed by atoms with E-state index in [0.29, 0.717) is 17.8 Å². The topological polar surface area (TPSA) is 78.5 Å². The van der Waals surface area contributed by atoms with E-state index in [9.17, 15) is 10.2 Å². The van der Waals surface area contributed by atoms with Crippen LogP contribution in [0.5, 0.6) is 0 Å². The Balaban J connectivity index is 2.90. The molecule has 4 heteroatoms. The highest BCUT2D eigenvalue weighted by Gasteiger charge is 2.19.